The van der Waals surface area contributed by atoms with Crippen LogP contribution in [0.5, 0.6) is 0 Å². The number of carbonyl (C=O) groups excluding carboxylic acids is 1. The molecule has 2 heterocycles. The van der Waals surface area contributed by atoms with Crippen LogP contribution in [0.2, 0.25) is 0 Å². The van der Waals surface area contributed by atoms with E-state index in [1.54, 1.807) is 10.9 Å². The third kappa shape index (κ3) is 3.88. The number of amides is 1. The predicted molar refractivity (Wildman–Crippen MR) is 92.6 cm³/mol. The molecule has 0 unspecified atom stereocenters. The summed E-state index contributed by atoms with van der Waals surface area (Å²) in [5.74, 6) is -0.0879. The van der Waals surface area contributed by atoms with Crippen LogP contribution in [0.4, 0.5) is 0 Å². The van der Waals surface area contributed by atoms with Crippen molar-refractivity contribution < 1.29 is 4.79 Å². The molecule has 23 heavy (non-hydrogen) atoms. The molecule has 0 aliphatic carbocycles. The van der Waals surface area contributed by atoms with E-state index in [2.05, 4.69) is 48.0 Å². The number of carbonyl (C=O) groups is 1. The molecule has 0 saturated heterocycles. The number of pyridine rings is 1. The zero-order valence-electron chi connectivity index (χ0n) is 14.9. The van der Waals surface area contributed by atoms with E-state index in [0.717, 1.165) is 23.3 Å². The van der Waals surface area contributed by atoms with E-state index < -0.39 is 0 Å². The molecule has 0 fully saturated rings. The van der Waals surface area contributed by atoms with Gasteiger partial charge in [-0.15, -0.1) is 0 Å². The molecule has 6 nitrogen and oxygen atoms in total. The first-order chi connectivity index (χ1) is 10.8. The number of hydrogen-bond donors (Lipinski definition) is 1. The summed E-state index contributed by atoms with van der Waals surface area (Å²) in [5.41, 5.74) is 2.26. The maximum Gasteiger partial charge on any atom is 0.252 e. The highest BCUT2D eigenvalue weighted by Gasteiger charge is 2.14. The topological polar surface area (TPSA) is 63.1 Å². The van der Waals surface area contributed by atoms with Crippen molar-refractivity contribution in [1.29, 1.82) is 0 Å². The average Bonchev–Trinajstić information content (AvgIpc) is 2.77. The van der Waals surface area contributed by atoms with Gasteiger partial charge in [0.1, 0.15) is 0 Å². The molecule has 0 aliphatic heterocycles. The van der Waals surface area contributed by atoms with Gasteiger partial charge in [-0.25, -0.2) is 4.98 Å². The SMILES string of the molecule is Cc1nn(C)c2ncc(C(=O)NCCN(C(C)C)C(C)C)cc12. The maximum absolute atomic E-state index is 12.3. The maximum atomic E-state index is 12.3. The van der Waals surface area contributed by atoms with Crippen LogP contribution < -0.4 is 5.32 Å². The number of fused-ring (bicyclic) bond motifs is 1. The fourth-order valence-electron chi connectivity index (χ4n) is 2.95. The Kier molecular flexibility index (Phi) is 5.36. The molecule has 0 radical (unpaired) electrons. The quantitative estimate of drug-likeness (QED) is 0.886. The summed E-state index contributed by atoms with van der Waals surface area (Å²) in [6, 6.07) is 2.79. The largest absolute Gasteiger partial charge is 0.351 e. The van der Waals surface area contributed by atoms with Crippen molar-refractivity contribution in [2.75, 3.05) is 13.1 Å². The summed E-state index contributed by atoms with van der Waals surface area (Å²) in [6.45, 7) is 12.1. The highest BCUT2D eigenvalue weighted by atomic mass is 16.1. The first kappa shape index (κ1) is 17.4. The van der Waals surface area contributed by atoms with E-state index in [4.69, 9.17) is 0 Å². The van der Waals surface area contributed by atoms with Crippen LogP contribution in [-0.4, -0.2) is 50.7 Å². The summed E-state index contributed by atoms with van der Waals surface area (Å²) in [5, 5.41) is 8.24. The van der Waals surface area contributed by atoms with Crippen molar-refractivity contribution in [2.24, 2.45) is 7.05 Å². The number of nitrogens with one attached hydrogen (secondary N) is 1. The summed E-state index contributed by atoms with van der Waals surface area (Å²) in [4.78, 5) is 19.0. The lowest BCUT2D eigenvalue weighted by molar-refractivity contribution is 0.0939. The molecule has 2 aromatic heterocycles. The highest BCUT2D eigenvalue weighted by Crippen LogP contribution is 2.16. The molecule has 2 rings (SSSR count). The van der Waals surface area contributed by atoms with Gasteiger partial charge in [0, 0.05) is 43.8 Å². The Morgan fingerprint density at radius 2 is 1.96 bits per heavy atom. The molecule has 0 saturated carbocycles. The van der Waals surface area contributed by atoms with Gasteiger partial charge in [-0.1, -0.05) is 0 Å². The number of hydrogen-bond acceptors (Lipinski definition) is 4. The number of aryl methyl sites for hydroxylation is 2. The second kappa shape index (κ2) is 7.08. The van der Waals surface area contributed by atoms with Gasteiger partial charge in [-0.05, 0) is 40.7 Å². The average molecular weight is 317 g/mol. The third-order valence-corrected chi connectivity index (χ3v) is 4.11. The zero-order chi connectivity index (χ0) is 17.1. The molecule has 0 aliphatic rings. The summed E-state index contributed by atoms with van der Waals surface area (Å²) >= 11 is 0. The lowest BCUT2D eigenvalue weighted by Crippen LogP contribution is -2.42. The van der Waals surface area contributed by atoms with Gasteiger partial charge < -0.3 is 5.32 Å². The first-order valence-corrected chi connectivity index (χ1v) is 8.14. The second-order valence-electron chi connectivity index (χ2n) is 6.49. The molecular weight excluding hydrogens is 290 g/mol. The number of rotatable bonds is 6. The minimum atomic E-state index is -0.0879. The number of nitrogens with zero attached hydrogens (tertiary/aromatic N) is 4. The number of aromatic nitrogens is 3. The van der Waals surface area contributed by atoms with Crippen LogP contribution in [0.25, 0.3) is 11.0 Å². The molecule has 2 aromatic rings. The second-order valence-corrected chi connectivity index (χ2v) is 6.49. The third-order valence-electron chi connectivity index (χ3n) is 4.11. The Labute approximate surface area is 137 Å². The van der Waals surface area contributed by atoms with Crippen molar-refractivity contribution in [3.05, 3.63) is 23.5 Å². The van der Waals surface area contributed by atoms with E-state index in [0.29, 0.717) is 24.2 Å². The van der Waals surface area contributed by atoms with Gasteiger partial charge in [0.05, 0.1) is 11.3 Å². The molecule has 1 amide bonds. The van der Waals surface area contributed by atoms with E-state index in [1.807, 2.05) is 20.0 Å². The van der Waals surface area contributed by atoms with Crippen LogP contribution in [0.3, 0.4) is 0 Å². The summed E-state index contributed by atoms with van der Waals surface area (Å²) < 4.78 is 1.73. The molecule has 0 atom stereocenters. The van der Waals surface area contributed by atoms with E-state index in [1.165, 1.54) is 0 Å². The van der Waals surface area contributed by atoms with Gasteiger partial charge >= 0.3 is 0 Å². The zero-order valence-corrected chi connectivity index (χ0v) is 14.9. The van der Waals surface area contributed by atoms with E-state index >= 15 is 0 Å². The van der Waals surface area contributed by atoms with Crippen molar-refractivity contribution >= 4 is 16.9 Å². The van der Waals surface area contributed by atoms with Crippen LogP contribution >= 0.6 is 0 Å². The highest BCUT2D eigenvalue weighted by molar-refractivity contribution is 5.97. The fourth-order valence-corrected chi connectivity index (χ4v) is 2.95. The van der Waals surface area contributed by atoms with Gasteiger partial charge in [-0.3, -0.25) is 14.4 Å². The molecular formula is C17H27N5O. The van der Waals surface area contributed by atoms with Crippen LogP contribution in [0, 0.1) is 6.92 Å². The van der Waals surface area contributed by atoms with Gasteiger partial charge in [0.15, 0.2) is 5.65 Å². The van der Waals surface area contributed by atoms with Gasteiger partial charge in [0.2, 0.25) is 0 Å². The standard InChI is InChI=1S/C17H27N5O/c1-11(2)22(12(3)4)8-7-18-17(23)14-9-15-13(5)20-21(6)16(15)19-10-14/h9-12H,7-8H2,1-6H3,(H,18,23). The molecule has 126 valence electrons. The van der Waals surface area contributed by atoms with Gasteiger partial charge in [-0.2, -0.15) is 5.10 Å². The summed E-state index contributed by atoms with van der Waals surface area (Å²) in [7, 11) is 1.86. The normalized spacial score (nSPS) is 11.9. The Balaban J connectivity index is 2.02. The fraction of sp³-hybridized carbons (Fsp3) is 0.588. The van der Waals surface area contributed by atoms with E-state index in [9.17, 15) is 4.79 Å². The van der Waals surface area contributed by atoms with Crippen molar-refractivity contribution in [1.82, 2.24) is 25.0 Å². The molecule has 6 heteroatoms. The monoisotopic (exact) mass is 317 g/mol. The van der Waals surface area contributed by atoms with Crippen molar-refractivity contribution in [3.8, 4) is 0 Å². The lowest BCUT2D eigenvalue weighted by Gasteiger charge is -2.30. The smallest absolute Gasteiger partial charge is 0.252 e. The van der Waals surface area contributed by atoms with E-state index in [-0.39, 0.29) is 5.91 Å². The molecule has 0 spiro atoms. The predicted octanol–water partition coefficient (Wildman–Crippen LogP) is 2.13. The van der Waals surface area contributed by atoms with Crippen LogP contribution in [0.15, 0.2) is 12.3 Å². The Bertz CT molecular complexity index is 682. The molecule has 0 bridgehead atoms. The minimum Gasteiger partial charge on any atom is -0.351 e. The van der Waals surface area contributed by atoms with Crippen LogP contribution in [0.1, 0.15) is 43.7 Å². The first-order valence-electron chi connectivity index (χ1n) is 8.14. The molecule has 1 N–H and O–H groups in total. The lowest BCUT2D eigenvalue weighted by atomic mass is 10.2. The van der Waals surface area contributed by atoms with Crippen molar-refractivity contribution in [2.45, 2.75) is 46.7 Å². The minimum absolute atomic E-state index is 0.0879. The van der Waals surface area contributed by atoms with Gasteiger partial charge in [0.25, 0.3) is 5.91 Å². The van der Waals surface area contributed by atoms with Crippen molar-refractivity contribution in [3.63, 3.8) is 0 Å². The van der Waals surface area contributed by atoms with Crippen LogP contribution in [-0.2, 0) is 7.05 Å². The Morgan fingerprint density at radius 3 is 2.57 bits per heavy atom. The molecule has 0 aromatic carbocycles. The Morgan fingerprint density at radius 1 is 1.30 bits per heavy atom. The Hall–Kier alpha value is -1.95. The summed E-state index contributed by atoms with van der Waals surface area (Å²) in [6.07, 6.45) is 1.61.